The van der Waals surface area contributed by atoms with E-state index in [4.69, 9.17) is 0 Å². The molecule has 0 radical (unpaired) electrons. The number of benzene rings is 2. The summed E-state index contributed by atoms with van der Waals surface area (Å²) in [7, 11) is 0. The van der Waals surface area contributed by atoms with Crippen LogP contribution in [0.2, 0.25) is 0 Å². The molecule has 2 N–H and O–H groups in total. The lowest BCUT2D eigenvalue weighted by molar-refractivity contribution is 0.637. The number of nitrogens with zero attached hydrogens (tertiary/aromatic N) is 1. The molecular formula is C16H16FN3. The highest BCUT2D eigenvalue weighted by Gasteiger charge is 2.06. The van der Waals surface area contributed by atoms with Crippen LogP contribution >= 0.6 is 0 Å². The third kappa shape index (κ3) is 2.50. The van der Waals surface area contributed by atoms with Gasteiger partial charge in [0.25, 0.3) is 0 Å². The van der Waals surface area contributed by atoms with E-state index in [-0.39, 0.29) is 5.82 Å². The fourth-order valence-electron chi connectivity index (χ4n) is 2.25. The van der Waals surface area contributed by atoms with E-state index in [9.17, 15) is 4.39 Å². The zero-order valence-corrected chi connectivity index (χ0v) is 11.3. The molecule has 0 unspecified atom stereocenters. The Kier molecular flexibility index (Phi) is 3.37. The Bertz CT molecular complexity index is 733. The lowest BCUT2D eigenvalue weighted by Gasteiger charge is -2.07. The minimum absolute atomic E-state index is 0.281. The highest BCUT2D eigenvalue weighted by atomic mass is 19.1. The second-order valence-electron chi connectivity index (χ2n) is 4.81. The number of aromatic amines is 1. The van der Waals surface area contributed by atoms with Gasteiger partial charge in [0.15, 0.2) is 5.82 Å². The van der Waals surface area contributed by atoms with Gasteiger partial charge in [0.2, 0.25) is 0 Å². The van der Waals surface area contributed by atoms with E-state index in [0.717, 1.165) is 30.0 Å². The largest absolute Gasteiger partial charge is 0.384 e. The van der Waals surface area contributed by atoms with Gasteiger partial charge >= 0.3 is 0 Å². The summed E-state index contributed by atoms with van der Waals surface area (Å²) in [6.07, 6.45) is 0.725. The summed E-state index contributed by atoms with van der Waals surface area (Å²) in [6, 6.07) is 13.1. The molecule has 1 aromatic heterocycles. The van der Waals surface area contributed by atoms with Crippen molar-refractivity contribution >= 4 is 16.7 Å². The van der Waals surface area contributed by atoms with Crippen molar-refractivity contribution in [2.75, 3.05) is 11.9 Å². The first-order valence-corrected chi connectivity index (χ1v) is 6.66. The molecule has 0 bridgehead atoms. The topological polar surface area (TPSA) is 40.7 Å². The Morgan fingerprint density at radius 2 is 2.00 bits per heavy atom. The van der Waals surface area contributed by atoms with Crippen molar-refractivity contribution in [1.82, 2.24) is 9.97 Å². The van der Waals surface area contributed by atoms with Crippen molar-refractivity contribution in [3.63, 3.8) is 0 Å². The SMILES string of the molecule is Cc1ccccc1NCCc1nc2c(F)cccc2[nH]1. The van der Waals surface area contributed by atoms with Gasteiger partial charge < -0.3 is 10.3 Å². The number of fused-ring (bicyclic) bond motifs is 1. The van der Waals surface area contributed by atoms with Crippen LogP contribution in [-0.4, -0.2) is 16.5 Å². The van der Waals surface area contributed by atoms with Crippen LogP contribution < -0.4 is 5.32 Å². The number of halogens is 1. The lowest BCUT2D eigenvalue weighted by atomic mass is 10.2. The number of aromatic nitrogens is 2. The molecule has 0 amide bonds. The molecule has 0 saturated heterocycles. The van der Waals surface area contributed by atoms with Crippen molar-refractivity contribution in [3.8, 4) is 0 Å². The molecule has 3 rings (SSSR count). The predicted octanol–water partition coefficient (Wildman–Crippen LogP) is 3.67. The molecule has 20 heavy (non-hydrogen) atoms. The molecule has 0 spiro atoms. The van der Waals surface area contributed by atoms with Crippen LogP contribution in [0, 0.1) is 12.7 Å². The maximum absolute atomic E-state index is 13.5. The first kappa shape index (κ1) is 12.7. The third-order valence-corrected chi connectivity index (χ3v) is 3.33. The first-order valence-electron chi connectivity index (χ1n) is 6.66. The number of anilines is 1. The monoisotopic (exact) mass is 269 g/mol. The molecule has 102 valence electrons. The molecule has 0 fully saturated rings. The van der Waals surface area contributed by atoms with E-state index in [1.807, 2.05) is 24.3 Å². The Hall–Kier alpha value is -2.36. The van der Waals surface area contributed by atoms with Crippen molar-refractivity contribution < 1.29 is 4.39 Å². The van der Waals surface area contributed by atoms with Crippen LogP contribution in [0.25, 0.3) is 11.0 Å². The van der Waals surface area contributed by atoms with Crippen molar-refractivity contribution in [1.29, 1.82) is 0 Å². The summed E-state index contributed by atoms with van der Waals surface area (Å²) in [5.74, 6) is 0.517. The summed E-state index contributed by atoms with van der Waals surface area (Å²) in [6.45, 7) is 2.82. The minimum atomic E-state index is -0.281. The molecule has 3 aromatic rings. The molecular weight excluding hydrogens is 253 g/mol. The maximum atomic E-state index is 13.5. The second kappa shape index (κ2) is 5.33. The van der Waals surface area contributed by atoms with E-state index in [1.54, 1.807) is 6.07 Å². The number of para-hydroxylation sites is 2. The van der Waals surface area contributed by atoms with Gasteiger partial charge in [-0.1, -0.05) is 24.3 Å². The van der Waals surface area contributed by atoms with Gasteiger partial charge in [-0.2, -0.15) is 0 Å². The minimum Gasteiger partial charge on any atom is -0.384 e. The fourth-order valence-corrected chi connectivity index (χ4v) is 2.25. The Morgan fingerprint density at radius 1 is 1.15 bits per heavy atom. The second-order valence-corrected chi connectivity index (χ2v) is 4.81. The van der Waals surface area contributed by atoms with Crippen LogP contribution in [0.15, 0.2) is 42.5 Å². The zero-order chi connectivity index (χ0) is 13.9. The van der Waals surface area contributed by atoms with Crippen LogP contribution in [-0.2, 0) is 6.42 Å². The molecule has 0 aliphatic heterocycles. The van der Waals surface area contributed by atoms with E-state index in [2.05, 4.69) is 28.3 Å². The summed E-state index contributed by atoms with van der Waals surface area (Å²) in [5, 5.41) is 3.37. The summed E-state index contributed by atoms with van der Waals surface area (Å²) in [5.41, 5.74) is 3.49. The van der Waals surface area contributed by atoms with E-state index >= 15 is 0 Å². The molecule has 0 atom stereocenters. The first-order chi connectivity index (χ1) is 9.74. The predicted molar refractivity (Wildman–Crippen MR) is 79.4 cm³/mol. The standard InChI is InChI=1S/C16H16FN3/c1-11-5-2-3-7-13(11)18-10-9-15-19-14-8-4-6-12(17)16(14)20-15/h2-8,18H,9-10H2,1H3,(H,19,20). The number of hydrogen-bond acceptors (Lipinski definition) is 2. The number of H-pyrrole nitrogens is 1. The van der Waals surface area contributed by atoms with Crippen LogP contribution in [0.4, 0.5) is 10.1 Å². The summed E-state index contributed by atoms with van der Waals surface area (Å²) in [4.78, 5) is 7.44. The third-order valence-electron chi connectivity index (χ3n) is 3.33. The number of aryl methyl sites for hydroxylation is 1. The van der Waals surface area contributed by atoms with Gasteiger partial charge in [-0.25, -0.2) is 9.37 Å². The van der Waals surface area contributed by atoms with Crippen LogP contribution in [0.5, 0.6) is 0 Å². The number of nitrogens with one attached hydrogen (secondary N) is 2. The normalized spacial score (nSPS) is 10.9. The highest BCUT2D eigenvalue weighted by molar-refractivity contribution is 5.75. The summed E-state index contributed by atoms with van der Waals surface area (Å²) >= 11 is 0. The molecule has 3 nitrogen and oxygen atoms in total. The van der Waals surface area contributed by atoms with E-state index in [0.29, 0.717) is 5.52 Å². The average Bonchev–Trinajstić information content (AvgIpc) is 2.85. The Labute approximate surface area is 116 Å². The fraction of sp³-hybridized carbons (Fsp3) is 0.188. The lowest BCUT2D eigenvalue weighted by Crippen LogP contribution is -2.06. The molecule has 0 aliphatic carbocycles. The van der Waals surface area contributed by atoms with Crippen molar-refractivity contribution in [2.24, 2.45) is 0 Å². The maximum Gasteiger partial charge on any atom is 0.151 e. The average molecular weight is 269 g/mol. The van der Waals surface area contributed by atoms with E-state index in [1.165, 1.54) is 11.6 Å². The molecule has 0 saturated carbocycles. The zero-order valence-electron chi connectivity index (χ0n) is 11.3. The smallest absolute Gasteiger partial charge is 0.151 e. The Morgan fingerprint density at radius 3 is 2.80 bits per heavy atom. The summed E-state index contributed by atoms with van der Waals surface area (Å²) < 4.78 is 13.5. The van der Waals surface area contributed by atoms with Gasteiger partial charge in [-0.3, -0.25) is 0 Å². The molecule has 4 heteroatoms. The quantitative estimate of drug-likeness (QED) is 0.758. The highest BCUT2D eigenvalue weighted by Crippen LogP contribution is 2.16. The molecule has 2 aromatic carbocycles. The van der Waals surface area contributed by atoms with Crippen LogP contribution in [0.3, 0.4) is 0 Å². The van der Waals surface area contributed by atoms with Gasteiger partial charge in [0.1, 0.15) is 11.3 Å². The Balaban J connectivity index is 1.68. The number of hydrogen-bond donors (Lipinski definition) is 2. The number of rotatable bonds is 4. The van der Waals surface area contributed by atoms with Crippen molar-refractivity contribution in [2.45, 2.75) is 13.3 Å². The van der Waals surface area contributed by atoms with Crippen LogP contribution in [0.1, 0.15) is 11.4 Å². The van der Waals surface area contributed by atoms with Crippen molar-refractivity contribution in [3.05, 3.63) is 59.7 Å². The van der Waals surface area contributed by atoms with Gasteiger partial charge in [-0.15, -0.1) is 0 Å². The molecule has 0 aliphatic rings. The molecule has 1 heterocycles. The number of imidazole rings is 1. The van der Waals surface area contributed by atoms with Gasteiger partial charge in [-0.05, 0) is 30.7 Å². The van der Waals surface area contributed by atoms with Gasteiger partial charge in [0.05, 0.1) is 5.52 Å². The van der Waals surface area contributed by atoms with E-state index < -0.39 is 0 Å². The van der Waals surface area contributed by atoms with Gasteiger partial charge in [0, 0.05) is 18.7 Å².